The summed E-state index contributed by atoms with van der Waals surface area (Å²) < 4.78 is 64.9. The molecule has 0 spiro atoms. The van der Waals surface area contributed by atoms with E-state index in [-0.39, 0.29) is 18.4 Å². The molecule has 1 N–H and O–H groups in total. The molecule has 0 bridgehead atoms. The van der Waals surface area contributed by atoms with Crippen molar-refractivity contribution < 1.29 is 26.7 Å². The number of carbonyl (C=O) groups excluding carboxylic acids is 1. The van der Waals surface area contributed by atoms with Crippen molar-refractivity contribution in [2.75, 3.05) is 0 Å². The van der Waals surface area contributed by atoms with Crippen LogP contribution in [0.1, 0.15) is 44.2 Å². The molecule has 1 fully saturated rings. The largest absolute Gasteiger partial charge is 0.391 e. The van der Waals surface area contributed by atoms with E-state index in [0.717, 1.165) is 6.07 Å². The predicted molar refractivity (Wildman–Crippen MR) is 74.4 cm³/mol. The Morgan fingerprint density at radius 2 is 1.96 bits per heavy atom. The molecule has 1 amide bonds. The zero-order valence-electron chi connectivity index (χ0n) is 12.6. The number of hydrogen-bond acceptors (Lipinski definition) is 1. The van der Waals surface area contributed by atoms with E-state index >= 15 is 0 Å². The maximum absolute atomic E-state index is 13.7. The lowest BCUT2D eigenvalue weighted by molar-refractivity contribution is -0.186. The van der Waals surface area contributed by atoms with Crippen LogP contribution in [-0.4, -0.2) is 12.1 Å². The van der Waals surface area contributed by atoms with Crippen molar-refractivity contribution in [1.82, 2.24) is 5.32 Å². The van der Waals surface area contributed by atoms with E-state index in [4.69, 9.17) is 0 Å². The van der Waals surface area contributed by atoms with Crippen molar-refractivity contribution >= 4 is 5.91 Å². The summed E-state index contributed by atoms with van der Waals surface area (Å²) in [5.74, 6) is -4.25. The molecule has 2 rings (SSSR count). The summed E-state index contributed by atoms with van der Waals surface area (Å²) in [5.41, 5.74) is 0.0999. The molecule has 1 aromatic rings. The normalized spacial score (nSPS) is 23.4. The van der Waals surface area contributed by atoms with Crippen LogP contribution in [0.4, 0.5) is 22.0 Å². The zero-order valence-corrected chi connectivity index (χ0v) is 12.6. The Morgan fingerprint density at radius 1 is 1.26 bits per heavy atom. The van der Waals surface area contributed by atoms with Gasteiger partial charge in [-0.15, -0.1) is 0 Å². The molecule has 128 valence electrons. The van der Waals surface area contributed by atoms with Crippen molar-refractivity contribution in [3.63, 3.8) is 0 Å². The smallest absolute Gasteiger partial charge is 0.349 e. The van der Waals surface area contributed by atoms with Gasteiger partial charge in [-0.25, -0.2) is 8.78 Å². The summed E-state index contributed by atoms with van der Waals surface area (Å²) in [5, 5.41) is 2.53. The molecule has 0 heterocycles. The highest BCUT2D eigenvalue weighted by Crippen LogP contribution is 2.40. The second kappa shape index (κ2) is 6.84. The van der Waals surface area contributed by atoms with E-state index < -0.39 is 41.6 Å². The molecule has 23 heavy (non-hydrogen) atoms. The average molecular weight is 335 g/mol. The van der Waals surface area contributed by atoms with Gasteiger partial charge in [0.15, 0.2) is 0 Å². The molecule has 1 saturated carbocycles. The highest BCUT2D eigenvalue weighted by Gasteiger charge is 2.43. The first-order valence-corrected chi connectivity index (χ1v) is 7.50. The van der Waals surface area contributed by atoms with Crippen LogP contribution in [0.2, 0.25) is 0 Å². The Bertz CT molecular complexity index is 572. The van der Waals surface area contributed by atoms with Crippen LogP contribution in [0.25, 0.3) is 0 Å². The second-order valence-electron chi connectivity index (χ2n) is 6.00. The molecule has 0 aromatic heterocycles. The molecule has 3 atom stereocenters. The van der Waals surface area contributed by atoms with Crippen LogP contribution in [0.3, 0.4) is 0 Å². The molecule has 0 saturated heterocycles. The van der Waals surface area contributed by atoms with Gasteiger partial charge in [0.1, 0.15) is 11.6 Å². The number of benzene rings is 1. The van der Waals surface area contributed by atoms with E-state index in [9.17, 15) is 26.7 Å². The van der Waals surface area contributed by atoms with Gasteiger partial charge in [0.2, 0.25) is 5.91 Å². The summed E-state index contributed by atoms with van der Waals surface area (Å²) in [6.45, 7) is 1.51. The van der Waals surface area contributed by atoms with Gasteiger partial charge in [0.05, 0.1) is 12.0 Å². The highest BCUT2D eigenvalue weighted by molar-refractivity contribution is 5.79. The van der Waals surface area contributed by atoms with Crippen molar-refractivity contribution in [3.8, 4) is 0 Å². The van der Waals surface area contributed by atoms with Crippen LogP contribution in [0.15, 0.2) is 18.2 Å². The van der Waals surface area contributed by atoms with Crippen molar-refractivity contribution in [2.45, 2.75) is 44.8 Å². The quantitative estimate of drug-likeness (QED) is 0.809. The van der Waals surface area contributed by atoms with Crippen molar-refractivity contribution in [3.05, 3.63) is 35.4 Å². The second-order valence-corrected chi connectivity index (χ2v) is 6.00. The van der Waals surface area contributed by atoms with Gasteiger partial charge in [-0.1, -0.05) is 12.5 Å². The summed E-state index contributed by atoms with van der Waals surface area (Å²) in [4.78, 5) is 12.2. The summed E-state index contributed by atoms with van der Waals surface area (Å²) in [6, 6.07) is 2.25. The molecule has 1 aliphatic rings. The Kier molecular flexibility index (Phi) is 5.26. The minimum atomic E-state index is -4.30. The van der Waals surface area contributed by atoms with E-state index in [0.29, 0.717) is 18.9 Å². The average Bonchev–Trinajstić information content (AvgIpc) is 2.46. The van der Waals surface area contributed by atoms with E-state index in [1.54, 1.807) is 0 Å². The molecule has 2 nitrogen and oxygen atoms in total. The van der Waals surface area contributed by atoms with Gasteiger partial charge < -0.3 is 5.32 Å². The van der Waals surface area contributed by atoms with Crippen LogP contribution < -0.4 is 5.32 Å². The van der Waals surface area contributed by atoms with Gasteiger partial charge in [0, 0.05) is 17.5 Å². The third-order valence-electron chi connectivity index (χ3n) is 4.30. The predicted octanol–water partition coefficient (Wildman–Crippen LogP) is 4.51. The number of halogens is 5. The topological polar surface area (TPSA) is 29.1 Å². The third-order valence-corrected chi connectivity index (χ3v) is 4.30. The fraction of sp³-hybridized carbons (Fsp3) is 0.562. The molecule has 0 aliphatic heterocycles. The monoisotopic (exact) mass is 335 g/mol. The molecular formula is C16H18F5NO. The molecule has 7 heteroatoms. The first-order valence-electron chi connectivity index (χ1n) is 7.50. The molecule has 3 unspecified atom stereocenters. The number of hydrogen-bond donors (Lipinski definition) is 1. The van der Waals surface area contributed by atoms with Crippen LogP contribution >= 0.6 is 0 Å². The molecule has 1 aliphatic carbocycles. The Balaban J connectivity index is 2.00. The van der Waals surface area contributed by atoms with Crippen LogP contribution in [0.5, 0.6) is 0 Å². The van der Waals surface area contributed by atoms with Gasteiger partial charge in [-0.2, -0.15) is 13.2 Å². The fourth-order valence-corrected chi connectivity index (χ4v) is 2.99. The summed E-state index contributed by atoms with van der Waals surface area (Å²) >= 11 is 0. The fourth-order valence-electron chi connectivity index (χ4n) is 2.99. The van der Waals surface area contributed by atoms with Crippen LogP contribution in [-0.2, 0) is 4.79 Å². The molecule has 1 aromatic carbocycles. The van der Waals surface area contributed by atoms with Gasteiger partial charge in [-0.3, -0.25) is 4.79 Å². The number of carbonyl (C=O) groups is 1. The van der Waals surface area contributed by atoms with E-state index in [1.807, 2.05) is 0 Å². The standard InChI is InChI=1S/C16H18F5NO/c1-9(13-6-5-12(17)8-14(13)18)22-15(23)10-3-2-4-11(7-10)16(19,20)21/h5-6,8-11H,2-4,7H2,1H3,(H,22,23). The summed E-state index contributed by atoms with van der Waals surface area (Å²) in [6.07, 6.45) is -3.78. The third kappa shape index (κ3) is 4.42. The molecular weight excluding hydrogens is 317 g/mol. The number of amides is 1. The molecule has 0 radical (unpaired) electrons. The van der Waals surface area contributed by atoms with Gasteiger partial charge >= 0.3 is 6.18 Å². The minimum Gasteiger partial charge on any atom is -0.349 e. The number of alkyl halides is 3. The number of rotatable bonds is 3. The highest BCUT2D eigenvalue weighted by atomic mass is 19.4. The lowest BCUT2D eigenvalue weighted by Crippen LogP contribution is -2.38. The van der Waals surface area contributed by atoms with Crippen molar-refractivity contribution in [2.24, 2.45) is 11.8 Å². The van der Waals surface area contributed by atoms with Crippen LogP contribution in [0, 0.1) is 23.5 Å². The zero-order chi connectivity index (χ0) is 17.2. The Hall–Kier alpha value is -1.66. The lowest BCUT2D eigenvalue weighted by atomic mass is 9.80. The minimum absolute atomic E-state index is 0.0371. The van der Waals surface area contributed by atoms with Crippen molar-refractivity contribution in [1.29, 1.82) is 0 Å². The Labute approximate surface area is 131 Å². The SMILES string of the molecule is CC(NC(=O)C1CCCC(C(F)(F)F)C1)c1ccc(F)cc1F. The number of nitrogens with one attached hydrogen (secondary N) is 1. The van der Waals surface area contributed by atoms with E-state index in [1.165, 1.54) is 13.0 Å². The summed E-state index contributed by atoms with van der Waals surface area (Å²) in [7, 11) is 0. The Morgan fingerprint density at radius 3 is 2.57 bits per heavy atom. The maximum atomic E-state index is 13.7. The maximum Gasteiger partial charge on any atom is 0.391 e. The van der Waals surface area contributed by atoms with Gasteiger partial charge in [0.25, 0.3) is 0 Å². The lowest BCUT2D eigenvalue weighted by Gasteiger charge is -2.30. The first-order chi connectivity index (χ1) is 10.7. The van der Waals surface area contributed by atoms with E-state index in [2.05, 4.69) is 5.32 Å². The van der Waals surface area contributed by atoms with Gasteiger partial charge in [-0.05, 0) is 32.3 Å². The first kappa shape index (κ1) is 17.7.